The first kappa shape index (κ1) is 19.1. The van der Waals surface area contributed by atoms with Gasteiger partial charge in [-0.1, -0.05) is 37.5 Å². The molecule has 4 rings (SSSR count). The Kier molecular flexibility index (Phi) is 5.76. The lowest BCUT2D eigenvalue weighted by atomic mass is 10.0. The Labute approximate surface area is 169 Å². The largest absolute Gasteiger partial charge is 0.451 e. The average molecular weight is 399 g/mol. The van der Waals surface area contributed by atoms with Gasteiger partial charge in [-0.2, -0.15) is 11.8 Å². The number of rotatable bonds is 6. The molecule has 2 heterocycles. The van der Waals surface area contributed by atoms with Gasteiger partial charge in [-0.3, -0.25) is 4.79 Å². The summed E-state index contributed by atoms with van der Waals surface area (Å²) in [6.07, 6.45) is 6.51. The number of fused-ring (bicyclic) bond motifs is 1. The normalized spacial score (nSPS) is 15.2. The fourth-order valence-corrected chi connectivity index (χ4v) is 5.07. The van der Waals surface area contributed by atoms with Crippen molar-refractivity contribution in [1.29, 1.82) is 0 Å². The Hall–Kier alpha value is -2.21. The number of carbonyl (C=O) groups excluding carboxylic acids is 1. The first-order valence-corrected chi connectivity index (χ1v) is 11.0. The van der Waals surface area contributed by atoms with Crippen molar-refractivity contribution in [2.75, 3.05) is 0 Å². The van der Waals surface area contributed by atoms with Gasteiger partial charge >= 0.3 is 0 Å². The van der Waals surface area contributed by atoms with Crippen molar-refractivity contribution in [3.63, 3.8) is 0 Å². The lowest BCUT2D eigenvalue weighted by Gasteiger charge is -2.20. The van der Waals surface area contributed by atoms with Crippen LogP contribution < -0.4 is 5.32 Å². The van der Waals surface area contributed by atoms with Crippen LogP contribution in [0.25, 0.3) is 11.0 Å². The molecule has 1 fully saturated rings. The molecule has 0 spiro atoms. The third kappa shape index (κ3) is 4.12. The summed E-state index contributed by atoms with van der Waals surface area (Å²) in [7, 11) is 0. The minimum absolute atomic E-state index is 0.219. The summed E-state index contributed by atoms with van der Waals surface area (Å²) >= 11 is 1.95. The highest BCUT2D eigenvalue weighted by molar-refractivity contribution is 7.99. The third-order valence-corrected chi connectivity index (χ3v) is 6.79. The molecule has 0 saturated heterocycles. The van der Waals surface area contributed by atoms with Crippen LogP contribution in [0.2, 0.25) is 0 Å². The Morgan fingerprint density at radius 2 is 1.96 bits per heavy atom. The Morgan fingerprint density at radius 3 is 2.71 bits per heavy atom. The van der Waals surface area contributed by atoms with Crippen LogP contribution in [-0.4, -0.2) is 16.1 Å². The lowest BCUT2D eigenvalue weighted by Crippen LogP contribution is -2.23. The van der Waals surface area contributed by atoms with Gasteiger partial charge in [-0.25, -0.2) is 4.98 Å². The van der Waals surface area contributed by atoms with Gasteiger partial charge in [0.2, 0.25) is 5.89 Å². The van der Waals surface area contributed by atoms with Gasteiger partial charge in [0.05, 0.1) is 12.2 Å². The number of nitrogens with zero attached hydrogens (tertiary/aromatic N) is 1. The van der Waals surface area contributed by atoms with E-state index in [1.807, 2.05) is 49.9 Å². The lowest BCUT2D eigenvalue weighted by molar-refractivity contribution is 0.0920. The van der Waals surface area contributed by atoms with Crippen LogP contribution in [0.3, 0.4) is 0 Å². The molecule has 0 bridgehead atoms. The van der Waals surface area contributed by atoms with Gasteiger partial charge < -0.3 is 14.2 Å². The van der Waals surface area contributed by atoms with Gasteiger partial charge in [-0.15, -0.1) is 0 Å². The van der Waals surface area contributed by atoms with Crippen LogP contribution in [0.5, 0.6) is 0 Å². The van der Waals surface area contributed by atoms with Crippen LogP contribution in [0, 0.1) is 13.8 Å². The Morgan fingerprint density at radius 1 is 1.18 bits per heavy atom. The Bertz CT molecular complexity index is 950. The van der Waals surface area contributed by atoms with Crippen LogP contribution in [0.1, 0.15) is 65.6 Å². The Balaban J connectivity index is 1.52. The predicted octanol–water partition coefficient (Wildman–Crippen LogP) is 5.53. The van der Waals surface area contributed by atoms with Gasteiger partial charge in [0.1, 0.15) is 11.3 Å². The number of thioether (sulfide) groups is 1. The second-order valence-corrected chi connectivity index (χ2v) is 8.70. The minimum Gasteiger partial charge on any atom is -0.451 e. The van der Waals surface area contributed by atoms with Gasteiger partial charge in [-0.05, 0) is 32.8 Å². The fraction of sp³-hybridized carbons (Fsp3) is 0.455. The van der Waals surface area contributed by atoms with Crippen LogP contribution in [0.15, 0.2) is 33.1 Å². The van der Waals surface area contributed by atoms with Crippen LogP contribution >= 0.6 is 11.8 Å². The third-order valence-electron chi connectivity index (χ3n) is 5.39. The number of para-hydroxylation sites is 1. The molecule has 1 aliphatic carbocycles. The summed E-state index contributed by atoms with van der Waals surface area (Å²) in [5, 5.41) is 4.60. The molecule has 1 N–H and O–H groups in total. The minimum atomic E-state index is -0.219. The maximum atomic E-state index is 12.9. The van der Waals surface area contributed by atoms with Crippen molar-refractivity contribution < 1.29 is 13.6 Å². The number of furan rings is 1. The number of benzene rings is 1. The summed E-state index contributed by atoms with van der Waals surface area (Å²) in [5.74, 6) is 2.27. The van der Waals surface area contributed by atoms with Gasteiger partial charge in [0.25, 0.3) is 5.91 Å². The van der Waals surface area contributed by atoms with Crippen molar-refractivity contribution in [1.82, 2.24) is 10.3 Å². The number of oxazole rings is 1. The zero-order valence-electron chi connectivity index (χ0n) is 16.4. The number of aromatic nitrogens is 1. The first-order valence-electron chi connectivity index (χ1n) is 9.95. The maximum Gasteiger partial charge on any atom is 0.287 e. The zero-order valence-corrected chi connectivity index (χ0v) is 17.2. The molecule has 28 heavy (non-hydrogen) atoms. The van der Waals surface area contributed by atoms with Gasteiger partial charge in [0, 0.05) is 22.0 Å². The van der Waals surface area contributed by atoms with E-state index in [0.717, 1.165) is 33.7 Å². The number of nitrogens with one attached hydrogen (secondary N) is 1. The smallest absolute Gasteiger partial charge is 0.287 e. The fourth-order valence-electron chi connectivity index (χ4n) is 3.71. The number of amides is 1. The van der Waals surface area contributed by atoms with E-state index in [9.17, 15) is 4.79 Å². The molecule has 3 aromatic rings. The van der Waals surface area contributed by atoms with E-state index in [1.165, 1.54) is 32.1 Å². The second kappa shape index (κ2) is 8.43. The number of hydrogen-bond donors (Lipinski definition) is 1. The molecular weight excluding hydrogens is 372 g/mol. The van der Waals surface area contributed by atoms with Crippen molar-refractivity contribution in [3.8, 4) is 0 Å². The molecular formula is C22H26N2O3S. The molecule has 5 nitrogen and oxygen atoms in total. The van der Waals surface area contributed by atoms with E-state index in [0.29, 0.717) is 16.9 Å². The monoisotopic (exact) mass is 398 g/mol. The van der Waals surface area contributed by atoms with Crippen molar-refractivity contribution in [3.05, 3.63) is 52.9 Å². The standard InChI is InChI=1S/C22H26N2O3S/c1-14-15(2)26-20(24-14)12-23-22(25)21-18(13-28-16-8-4-3-5-9-16)17-10-6-7-11-19(17)27-21/h6-7,10-11,16H,3-5,8-9,12-13H2,1-2H3,(H,23,25). The van der Waals surface area contributed by atoms with E-state index in [4.69, 9.17) is 8.83 Å². The molecule has 2 aromatic heterocycles. The van der Waals surface area contributed by atoms with E-state index < -0.39 is 0 Å². The van der Waals surface area contributed by atoms with E-state index in [1.54, 1.807) is 0 Å². The molecule has 148 valence electrons. The summed E-state index contributed by atoms with van der Waals surface area (Å²) in [5.41, 5.74) is 2.59. The number of aryl methyl sites for hydroxylation is 2. The van der Waals surface area contributed by atoms with E-state index >= 15 is 0 Å². The summed E-state index contributed by atoms with van der Waals surface area (Å²) in [6.45, 7) is 4.01. The highest BCUT2D eigenvalue weighted by Crippen LogP contribution is 2.35. The molecule has 0 aliphatic heterocycles. The number of hydrogen-bond acceptors (Lipinski definition) is 5. The predicted molar refractivity (Wildman–Crippen MR) is 112 cm³/mol. The quantitative estimate of drug-likeness (QED) is 0.591. The topological polar surface area (TPSA) is 68.3 Å². The van der Waals surface area contributed by atoms with Crippen molar-refractivity contribution in [2.24, 2.45) is 0 Å². The maximum absolute atomic E-state index is 12.9. The summed E-state index contributed by atoms with van der Waals surface area (Å²) in [6, 6.07) is 7.88. The van der Waals surface area contributed by atoms with E-state index in [2.05, 4.69) is 10.3 Å². The molecule has 0 radical (unpaired) electrons. The van der Waals surface area contributed by atoms with Crippen LogP contribution in [0.4, 0.5) is 0 Å². The van der Waals surface area contributed by atoms with Crippen LogP contribution in [-0.2, 0) is 12.3 Å². The van der Waals surface area contributed by atoms with Crippen molar-refractivity contribution >= 4 is 28.6 Å². The second-order valence-electron chi connectivity index (χ2n) is 7.41. The van der Waals surface area contributed by atoms with Gasteiger partial charge in [0.15, 0.2) is 5.76 Å². The number of carbonyl (C=O) groups is 1. The zero-order chi connectivity index (χ0) is 19.5. The molecule has 1 aliphatic rings. The average Bonchev–Trinajstić information content (AvgIpc) is 3.25. The molecule has 1 saturated carbocycles. The molecule has 1 aromatic carbocycles. The highest BCUT2D eigenvalue weighted by Gasteiger charge is 2.23. The summed E-state index contributed by atoms with van der Waals surface area (Å²) < 4.78 is 11.5. The van der Waals surface area contributed by atoms with E-state index in [-0.39, 0.29) is 12.5 Å². The van der Waals surface area contributed by atoms with Crippen molar-refractivity contribution in [2.45, 2.75) is 63.5 Å². The molecule has 6 heteroatoms. The SMILES string of the molecule is Cc1nc(CNC(=O)c2oc3ccccc3c2CSC2CCCCC2)oc1C. The summed E-state index contributed by atoms with van der Waals surface area (Å²) in [4.78, 5) is 17.2. The highest BCUT2D eigenvalue weighted by atomic mass is 32.2. The first-order chi connectivity index (χ1) is 13.6. The molecule has 0 atom stereocenters. The molecule has 0 unspecified atom stereocenters. The molecule has 1 amide bonds.